The van der Waals surface area contributed by atoms with E-state index in [0.29, 0.717) is 6.04 Å². The average molecular weight is 283 g/mol. The third-order valence-corrected chi connectivity index (χ3v) is 3.97. The summed E-state index contributed by atoms with van der Waals surface area (Å²) in [6.07, 6.45) is 4.03. The molecule has 1 atom stereocenters. The van der Waals surface area contributed by atoms with Crippen molar-refractivity contribution >= 4 is 11.5 Å². The summed E-state index contributed by atoms with van der Waals surface area (Å²) in [7, 11) is 5.74. The summed E-state index contributed by atoms with van der Waals surface area (Å²) in [6, 6.07) is 10.7. The minimum absolute atomic E-state index is 0.318. The zero-order chi connectivity index (χ0) is 14.8. The highest BCUT2D eigenvalue weighted by atomic mass is 16.5. The molecule has 4 nitrogen and oxygen atoms in total. The maximum Gasteiger partial charge on any atom is 0.151 e. The zero-order valence-electron chi connectivity index (χ0n) is 12.8. The molecular formula is C17H21N3O. The molecule has 1 aliphatic carbocycles. The summed E-state index contributed by atoms with van der Waals surface area (Å²) in [5.74, 6) is 1.88. The number of anilines is 2. The topological polar surface area (TPSA) is 37.4 Å². The molecule has 0 amide bonds. The maximum absolute atomic E-state index is 5.35. The van der Waals surface area contributed by atoms with Crippen LogP contribution in [0.5, 0.6) is 5.75 Å². The lowest BCUT2D eigenvalue weighted by molar-refractivity contribution is 0.414. The van der Waals surface area contributed by atoms with Crippen molar-refractivity contribution in [3.05, 3.63) is 47.7 Å². The summed E-state index contributed by atoms with van der Waals surface area (Å²) >= 11 is 0. The standard InChI is InChI=1S/C17H21N3O/c1-20(2)17-16(5-4-10-18-17)19-15-9-7-12-6-8-13(21-3)11-14(12)15/h4-6,8,10-11,15,19H,7,9H2,1-3H3. The van der Waals surface area contributed by atoms with Crippen molar-refractivity contribution in [2.24, 2.45) is 0 Å². The van der Waals surface area contributed by atoms with Gasteiger partial charge in [-0.05, 0) is 48.2 Å². The highest BCUT2D eigenvalue weighted by Crippen LogP contribution is 2.37. The first-order valence-corrected chi connectivity index (χ1v) is 7.24. The highest BCUT2D eigenvalue weighted by molar-refractivity contribution is 5.66. The van der Waals surface area contributed by atoms with Crippen LogP contribution in [0.1, 0.15) is 23.6 Å². The second-order valence-electron chi connectivity index (χ2n) is 5.57. The molecule has 110 valence electrons. The van der Waals surface area contributed by atoms with Crippen molar-refractivity contribution in [2.75, 3.05) is 31.4 Å². The van der Waals surface area contributed by atoms with Crippen LogP contribution in [-0.4, -0.2) is 26.2 Å². The lowest BCUT2D eigenvalue weighted by Gasteiger charge is -2.21. The van der Waals surface area contributed by atoms with E-state index in [0.717, 1.165) is 30.1 Å². The first-order valence-electron chi connectivity index (χ1n) is 7.24. The van der Waals surface area contributed by atoms with E-state index in [4.69, 9.17) is 4.74 Å². The molecule has 21 heavy (non-hydrogen) atoms. The molecule has 0 bridgehead atoms. The molecule has 0 aliphatic heterocycles. The Balaban J connectivity index is 1.89. The number of nitrogens with one attached hydrogen (secondary N) is 1. The van der Waals surface area contributed by atoms with Gasteiger partial charge < -0.3 is 15.0 Å². The fraction of sp³-hybridized carbons (Fsp3) is 0.353. The molecule has 1 N–H and O–H groups in total. The lowest BCUT2D eigenvalue weighted by atomic mass is 10.1. The van der Waals surface area contributed by atoms with Gasteiger partial charge in [-0.2, -0.15) is 0 Å². The van der Waals surface area contributed by atoms with Crippen LogP contribution < -0.4 is 15.0 Å². The van der Waals surface area contributed by atoms with E-state index in [1.807, 2.05) is 37.3 Å². The van der Waals surface area contributed by atoms with Crippen LogP contribution in [0.3, 0.4) is 0 Å². The van der Waals surface area contributed by atoms with Gasteiger partial charge in [-0.25, -0.2) is 4.98 Å². The van der Waals surface area contributed by atoms with E-state index < -0.39 is 0 Å². The van der Waals surface area contributed by atoms with Gasteiger partial charge >= 0.3 is 0 Å². The Kier molecular flexibility index (Phi) is 3.69. The number of fused-ring (bicyclic) bond motifs is 1. The average Bonchev–Trinajstić information content (AvgIpc) is 2.90. The van der Waals surface area contributed by atoms with Crippen LogP contribution >= 0.6 is 0 Å². The van der Waals surface area contributed by atoms with Crippen LogP contribution in [0.2, 0.25) is 0 Å². The van der Waals surface area contributed by atoms with Crippen LogP contribution in [0.4, 0.5) is 11.5 Å². The number of benzene rings is 1. The van der Waals surface area contributed by atoms with Gasteiger partial charge in [0.1, 0.15) is 5.75 Å². The number of aromatic nitrogens is 1. The third kappa shape index (κ3) is 2.66. The Morgan fingerprint density at radius 3 is 2.90 bits per heavy atom. The molecule has 0 saturated heterocycles. The molecule has 1 unspecified atom stereocenters. The van der Waals surface area contributed by atoms with E-state index in [-0.39, 0.29) is 0 Å². The molecule has 2 aromatic rings. The molecular weight excluding hydrogens is 262 g/mol. The van der Waals surface area contributed by atoms with Crippen LogP contribution in [0, 0.1) is 0 Å². The number of ether oxygens (including phenoxy) is 1. The molecule has 4 heteroatoms. The van der Waals surface area contributed by atoms with E-state index in [1.54, 1.807) is 7.11 Å². The Morgan fingerprint density at radius 2 is 2.14 bits per heavy atom. The number of nitrogens with zero attached hydrogens (tertiary/aromatic N) is 2. The van der Waals surface area contributed by atoms with Crippen molar-refractivity contribution in [3.63, 3.8) is 0 Å². The van der Waals surface area contributed by atoms with E-state index in [9.17, 15) is 0 Å². The first kappa shape index (κ1) is 13.7. The molecule has 0 fully saturated rings. The smallest absolute Gasteiger partial charge is 0.151 e. The minimum atomic E-state index is 0.318. The Bertz CT molecular complexity index is 640. The van der Waals surface area contributed by atoms with Crippen molar-refractivity contribution in [1.82, 2.24) is 4.98 Å². The molecule has 0 spiro atoms. The fourth-order valence-electron chi connectivity index (χ4n) is 2.91. The summed E-state index contributed by atoms with van der Waals surface area (Å²) in [6.45, 7) is 0. The van der Waals surface area contributed by atoms with E-state index in [1.165, 1.54) is 11.1 Å². The van der Waals surface area contributed by atoms with Gasteiger partial charge in [-0.15, -0.1) is 0 Å². The van der Waals surface area contributed by atoms with Crippen LogP contribution in [0.25, 0.3) is 0 Å². The van der Waals surface area contributed by atoms with Gasteiger partial charge in [0.05, 0.1) is 18.8 Å². The van der Waals surface area contributed by atoms with E-state index >= 15 is 0 Å². The number of rotatable bonds is 4. The van der Waals surface area contributed by atoms with Crippen LogP contribution in [0.15, 0.2) is 36.5 Å². The third-order valence-electron chi connectivity index (χ3n) is 3.97. The largest absolute Gasteiger partial charge is 0.497 e. The first-order chi connectivity index (χ1) is 10.2. The predicted molar refractivity (Wildman–Crippen MR) is 86.2 cm³/mol. The Labute approximate surface area is 125 Å². The molecule has 0 saturated carbocycles. The van der Waals surface area contributed by atoms with Gasteiger partial charge in [0, 0.05) is 20.3 Å². The summed E-state index contributed by atoms with van der Waals surface area (Å²) < 4.78 is 5.35. The molecule has 0 radical (unpaired) electrons. The minimum Gasteiger partial charge on any atom is -0.497 e. The quantitative estimate of drug-likeness (QED) is 0.934. The maximum atomic E-state index is 5.35. The molecule has 1 aromatic heterocycles. The van der Waals surface area contributed by atoms with Crippen molar-refractivity contribution in [2.45, 2.75) is 18.9 Å². The van der Waals surface area contributed by atoms with Gasteiger partial charge in [0.25, 0.3) is 0 Å². The highest BCUT2D eigenvalue weighted by Gasteiger charge is 2.23. The van der Waals surface area contributed by atoms with E-state index in [2.05, 4.69) is 28.5 Å². The Morgan fingerprint density at radius 1 is 1.29 bits per heavy atom. The number of hydrogen-bond donors (Lipinski definition) is 1. The lowest BCUT2D eigenvalue weighted by Crippen LogP contribution is -2.15. The number of pyridine rings is 1. The second kappa shape index (κ2) is 5.64. The molecule has 3 rings (SSSR count). The van der Waals surface area contributed by atoms with Crippen molar-refractivity contribution in [3.8, 4) is 5.75 Å². The summed E-state index contributed by atoms with van der Waals surface area (Å²) in [4.78, 5) is 6.48. The van der Waals surface area contributed by atoms with Crippen molar-refractivity contribution in [1.29, 1.82) is 0 Å². The van der Waals surface area contributed by atoms with Gasteiger partial charge in [-0.1, -0.05) is 6.07 Å². The van der Waals surface area contributed by atoms with Crippen molar-refractivity contribution < 1.29 is 4.74 Å². The second-order valence-corrected chi connectivity index (χ2v) is 5.57. The zero-order valence-corrected chi connectivity index (χ0v) is 12.8. The van der Waals surface area contributed by atoms with Gasteiger partial charge in [0.15, 0.2) is 5.82 Å². The van der Waals surface area contributed by atoms with Crippen LogP contribution in [-0.2, 0) is 6.42 Å². The van der Waals surface area contributed by atoms with Gasteiger partial charge in [-0.3, -0.25) is 0 Å². The number of hydrogen-bond acceptors (Lipinski definition) is 4. The fourth-order valence-corrected chi connectivity index (χ4v) is 2.91. The monoisotopic (exact) mass is 283 g/mol. The molecule has 1 heterocycles. The number of methoxy groups -OCH3 is 1. The molecule has 1 aliphatic rings. The number of aryl methyl sites for hydroxylation is 1. The SMILES string of the molecule is COc1ccc2c(c1)C(Nc1cccnc1N(C)C)CC2. The summed E-state index contributed by atoms with van der Waals surface area (Å²) in [5, 5.41) is 3.64. The summed E-state index contributed by atoms with van der Waals surface area (Å²) in [5.41, 5.74) is 3.81. The molecule has 1 aromatic carbocycles. The predicted octanol–water partition coefficient (Wildman–Crippen LogP) is 3.26. The van der Waals surface area contributed by atoms with Gasteiger partial charge in [0.2, 0.25) is 0 Å². The normalized spacial score (nSPS) is 16.4. The Hall–Kier alpha value is -2.23.